The molecule has 0 radical (unpaired) electrons. The number of para-hydroxylation sites is 1. The van der Waals surface area contributed by atoms with E-state index in [2.05, 4.69) is 57.4 Å². The maximum atomic E-state index is 16.9. The van der Waals surface area contributed by atoms with E-state index < -0.39 is 28.9 Å². The number of hydrogen-bond donors (Lipinski definition) is 4. The number of aromatic hydroxyl groups is 2. The molecule has 0 unspecified atom stereocenters. The number of phenolic OH excluding ortho intramolecular Hbond substituents is 2. The van der Waals surface area contributed by atoms with Crippen molar-refractivity contribution in [2.45, 2.75) is 110 Å². The molecule has 0 spiro atoms. The summed E-state index contributed by atoms with van der Waals surface area (Å²) in [5.74, 6) is -2.22. The molecule has 4 N–H and O–H groups in total. The van der Waals surface area contributed by atoms with Crippen LogP contribution in [-0.2, 0) is 0 Å². The first-order valence-corrected chi connectivity index (χ1v) is 17.8. The van der Waals surface area contributed by atoms with E-state index in [4.69, 9.17) is 0 Å². The number of rotatable bonds is 16. The molecule has 0 saturated carbocycles. The Morgan fingerprint density at radius 3 is 1.80 bits per heavy atom. The molecule has 0 aliphatic heterocycles. The van der Waals surface area contributed by atoms with Gasteiger partial charge in [0.15, 0.2) is 11.6 Å². The van der Waals surface area contributed by atoms with Crippen LogP contribution in [0.25, 0.3) is 0 Å². The van der Waals surface area contributed by atoms with Gasteiger partial charge in [0, 0.05) is 17.1 Å². The molecule has 1 aliphatic rings. The lowest BCUT2D eigenvalue weighted by atomic mass is 9.81. The highest BCUT2D eigenvalue weighted by atomic mass is 32.2. The van der Waals surface area contributed by atoms with Gasteiger partial charge in [-0.1, -0.05) is 98.3 Å². The Hall–Kier alpha value is -3.52. The van der Waals surface area contributed by atoms with Crippen LogP contribution in [0.4, 0.5) is 21.5 Å². The molecule has 0 bridgehead atoms. The zero-order chi connectivity index (χ0) is 33.5. The number of carbonyl (C=O) groups is 2. The molecule has 0 heterocycles. The van der Waals surface area contributed by atoms with Gasteiger partial charge in [-0.15, -0.1) is 11.8 Å². The zero-order valence-corrected chi connectivity index (χ0v) is 28.9. The van der Waals surface area contributed by atoms with E-state index in [1.54, 1.807) is 0 Å². The summed E-state index contributed by atoms with van der Waals surface area (Å²) in [6.45, 7) is 13.2. The number of carbonyl (C=O) groups excluding carboxylic acids is 2. The van der Waals surface area contributed by atoms with E-state index >= 15 is 4.39 Å². The van der Waals surface area contributed by atoms with Crippen molar-refractivity contribution in [3.63, 3.8) is 0 Å². The summed E-state index contributed by atoms with van der Waals surface area (Å²) in [5.41, 5.74) is 2.45. The lowest BCUT2D eigenvalue weighted by molar-refractivity contribution is 0.0968. The molecule has 0 atom stereocenters. The SMILES string of the molecule is CCCCCCCCSc1c(Nc2c(C(C)C)cccc2C(C)C)c(NCCCC)c(F)c2c1C(=O)c1c(O)ccc(O)c1C2=O. The zero-order valence-electron chi connectivity index (χ0n) is 28.1. The summed E-state index contributed by atoms with van der Waals surface area (Å²) >= 11 is 1.44. The highest BCUT2D eigenvalue weighted by Gasteiger charge is 2.41. The normalized spacial score (nSPS) is 12.5. The average Bonchev–Trinajstić information content (AvgIpc) is 3.02. The van der Waals surface area contributed by atoms with E-state index in [0.29, 0.717) is 22.9 Å². The minimum absolute atomic E-state index is 0.0662. The standard InChI is InChI=1S/C38H49FN2O4S/c1-7-9-11-12-13-14-21-46-38-31-30(36(44)28-26(42)18-19-27(43)29(28)37(31)45)32(39)34(40-20-10-8-2)35(38)41-33-24(22(3)4)16-15-17-25(33)23(5)6/h15-19,22-23,40-43H,7-14,20-21H2,1-6H3. The molecule has 3 aromatic rings. The topological polar surface area (TPSA) is 98.7 Å². The largest absolute Gasteiger partial charge is 0.507 e. The summed E-state index contributed by atoms with van der Waals surface area (Å²) < 4.78 is 16.9. The van der Waals surface area contributed by atoms with Crippen molar-refractivity contribution in [2.75, 3.05) is 22.9 Å². The molecular weight excluding hydrogens is 599 g/mol. The molecule has 46 heavy (non-hydrogen) atoms. The fourth-order valence-corrected chi connectivity index (χ4v) is 7.30. The van der Waals surface area contributed by atoms with Crippen LogP contribution in [0.1, 0.15) is 148 Å². The number of halogens is 1. The van der Waals surface area contributed by atoms with Gasteiger partial charge in [-0.3, -0.25) is 9.59 Å². The number of fused-ring (bicyclic) bond motifs is 2. The van der Waals surface area contributed by atoms with Gasteiger partial charge < -0.3 is 20.8 Å². The first-order chi connectivity index (χ1) is 22.0. The van der Waals surface area contributed by atoms with Crippen molar-refractivity contribution in [1.82, 2.24) is 0 Å². The second-order valence-corrected chi connectivity index (χ2v) is 13.9. The molecule has 248 valence electrons. The Balaban J connectivity index is 1.98. The number of unbranched alkanes of at least 4 members (excludes halogenated alkanes) is 6. The molecule has 0 fully saturated rings. The number of anilines is 3. The second-order valence-electron chi connectivity index (χ2n) is 12.8. The number of phenols is 2. The van der Waals surface area contributed by atoms with Gasteiger partial charge in [-0.2, -0.15) is 0 Å². The Morgan fingerprint density at radius 1 is 0.696 bits per heavy atom. The highest BCUT2D eigenvalue weighted by molar-refractivity contribution is 7.99. The minimum atomic E-state index is -0.836. The van der Waals surface area contributed by atoms with Crippen molar-refractivity contribution in [1.29, 1.82) is 0 Å². The average molecular weight is 649 g/mol. The third-order valence-electron chi connectivity index (χ3n) is 8.66. The van der Waals surface area contributed by atoms with Gasteiger partial charge in [-0.05, 0) is 53.7 Å². The molecule has 4 rings (SSSR count). The van der Waals surface area contributed by atoms with Crippen LogP contribution in [0, 0.1) is 5.82 Å². The molecule has 1 aliphatic carbocycles. The van der Waals surface area contributed by atoms with Crippen LogP contribution >= 0.6 is 11.8 Å². The summed E-state index contributed by atoms with van der Waals surface area (Å²) in [7, 11) is 0. The second kappa shape index (κ2) is 15.9. The van der Waals surface area contributed by atoms with Crippen LogP contribution in [-0.4, -0.2) is 34.1 Å². The molecular formula is C38H49FN2O4S. The van der Waals surface area contributed by atoms with Crippen molar-refractivity contribution in [2.24, 2.45) is 0 Å². The Morgan fingerprint density at radius 2 is 1.24 bits per heavy atom. The number of nitrogens with one attached hydrogen (secondary N) is 2. The van der Waals surface area contributed by atoms with Gasteiger partial charge in [0.2, 0.25) is 5.78 Å². The molecule has 8 heteroatoms. The lowest BCUT2D eigenvalue weighted by Crippen LogP contribution is -2.26. The predicted octanol–water partition coefficient (Wildman–Crippen LogP) is 10.7. The maximum absolute atomic E-state index is 16.9. The number of benzene rings is 3. The summed E-state index contributed by atoms with van der Waals surface area (Å²) in [5, 5.41) is 28.3. The summed E-state index contributed by atoms with van der Waals surface area (Å²) in [4.78, 5) is 28.8. The van der Waals surface area contributed by atoms with Crippen LogP contribution in [0.2, 0.25) is 0 Å². The quantitative estimate of drug-likeness (QED) is 0.0545. The van der Waals surface area contributed by atoms with Crippen LogP contribution in [0.3, 0.4) is 0 Å². The van der Waals surface area contributed by atoms with E-state index in [1.807, 2.05) is 13.0 Å². The van der Waals surface area contributed by atoms with E-state index in [9.17, 15) is 19.8 Å². The van der Waals surface area contributed by atoms with Crippen LogP contribution in [0.15, 0.2) is 35.2 Å². The predicted molar refractivity (Wildman–Crippen MR) is 188 cm³/mol. The van der Waals surface area contributed by atoms with Crippen molar-refractivity contribution in [3.8, 4) is 11.5 Å². The third kappa shape index (κ3) is 7.22. The Kier molecular flexibility index (Phi) is 12.2. The molecule has 0 amide bonds. The van der Waals surface area contributed by atoms with Crippen molar-refractivity contribution in [3.05, 3.63) is 69.5 Å². The maximum Gasteiger partial charge on any atom is 0.201 e. The fourth-order valence-electron chi connectivity index (χ4n) is 6.11. The molecule has 0 aromatic heterocycles. The van der Waals surface area contributed by atoms with Crippen LogP contribution in [0.5, 0.6) is 11.5 Å². The Bertz CT molecular complexity index is 1560. The summed E-state index contributed by atoms with van der Waals surface area (Å²) in [6, 6.07) is 8.51. The van der Waals surface area contributed by atoms with E-state index in [-0.39, 0.29) is 39.8 Å². The first kappa shape index (κ1) is 35.3. The highest BCUT2D eigenvalue weighted by Crippen LogP contribution is 2.49. The van der Waals surface area contributed by atoms with Gasteiger partial charge >= 0.3 is 0 Å². The van der Waals surface area contributed by atoms with Crippen molar-refractivity contribution < 1.29 is 24.2 Å². The van der Waals surface area contributed by atoms with Gasteiger partial charge in [0.1, 0.15) is 11.5 Å². The number of hydrogen-bond acceptors (Lipinski definition) is 7. The van der Waals surface area contributed by atoms with Gasteiger partial charge in [0.25, 0.3) is 0 Å². The van der Waals surface area contributed by atoms with Gasteiger partial charge in [0.05, 0.1) is 33.6 Å². The summed E-state index contributed by atoms with van der Waals surface area (Å²) in [6.07, 6.45) is 8.22. The fraction of sp³-hybridized carbons (Fsp3) is 0.474. The minimum Gasteiger partial charge on any atom is -0.507 e. The Labute approximate surface area is 277 Å². The van der Waals surface area contributed by atoms with Crippen LogP contribution < -0.4 is 10.6 Å². The van der Waals surface area contributed by atoms with E-state index in [0.717, 1.165) is 61.4 Å². The third-order valence-corrected chi connectivity index (χ3v) is 9.85. The molecule has 3 aromatic carbocycles. The number of ketones is 2. The van der Waals surface area contributed by atoms with Gasteiger partial charge in [-0.25, -0.2) is 4.39 Å². The van der Waals surface area contributed by atoms with Crippen molar-refractivity contribution >= 4 is 40.4 Å². The smallest absolute Gasteiger partial charge is 0.201 e. The first-order valence-electron chi connectivity index (χ1n) is 16.8. The monoisotopic (exact) mass is 648 g/mol. The molecule has 6 nitrogen and oxygen atoms in total. The lowest BCUT2D eigenvalue weighted by Gasteiger charge is -2.29. The molecule has 0 saturated heterocycles. The number of thioether (sulfide) groups is 1. The van der Waals surface area contributed by atoms with E-state index in [1.165, 1.54) is 30.7 Å².